The van der Waals surface area contributed by atoms with Crippen LogP contribution in [0.4, 0.5) is 5.69 Å². The lowest BCUT2D eigenvalue weighted by Crippen LogP contribution is -2.12. The largest absolute Gasteiger partial charge is 0.320 e. The van der Waals surface area contributed by atoms with Gasteiger partial charge in [-0.25, -0.2) is 4.63 Å². The van der Waals surface area contributed by atoms with Gasteiger partial charge in [-0.2, -0.15) is 0 Å². The Labute approximate surface area is 99.9 Å². The van der Waals surface area contributed by atoms with E-state index < -0.39 is 0 Å². The van der Waals surface area contributed by atoms with E-state index in [2.05, 4.69) is 36.2 Å². The second-order valence-electron chi connectivity index (χ2n) is 3.21. The molecule has 0 unspecified atom stereocenters. The molecule has 0 bridgehead atoms. The summed E-state index contributed by atoms with van der Waals surface area (Å²) in [6.07, 6.45) is 1.26. The summed E-state index contributed by atoms with van der Waals surface area (Å²) in [5.74, 6) is -0.344. The van der Waals surface area contributed by atoms with Crippen molar-refractivity contribution < 1.29 is 9.42 Å². The van der Waals surface area contributed by atoms with E-state index in [0.717, 1.165) is 10.0 Å². The first-order valence-electron chi connectivity index (χ1n) is 4.52. The highest BCUT2D eigenvalue weighted by atomic mass is 79.9. The highest BCUT2D eigenvalue weighted by Crippen LogP contribution is 2.20. The molecule has 2 aromatic rings. The number of carbonyl (C=O) groups is 1. The molecular weight excluding hydrogens is 274 g/mol. The van der Waals surface area contributed by atoms with Crippen molar-refractivity contribution >= 4 is 27.5 Å². The van der Waals surface area contributed by atoms with Crippen LogP contribution in [0.25, 0.3) is 0 Å². The summed E-state index contributed by atoms with van der Waals surface area (Å²) in [6.45, 7) is 1.94. The van der Waals surface area contributed by atoms with Gasteiger partial charge in [-0.05, 0) is 35.8 Å². The summed E-state index contributed by atoms with van der Waals surface area (Å²) >= 11 is 3.38. The number of hydrogen-bond acceptors (Lipinski definition) is 4. The Morgan fingerprint density at radius 3 is 2.94 bits per heavy atom. The number of anilines is 1. The highest BCUT2D eigenvalue weighted by molar-refractivity contribution is 9.10. The van der Waals surface area contributed by atoms with Crippen LogP contribution in [0.1, 0.15) is 16.1 Å². The fraction of sp³-hybridized carbons (Fsp3) is 0.100. The van der Waals surface area contributed by atoms with Gasteiger partial charge in [0.2, 0.25) is 0 Å². The number of benzene rings is 1. The van der Waals surface area contributed by atoms with E-state index >= 15 is 0 Å². The average molecular weight is 282 g/mol. The van der Waals surface area contributed by atoms with E-state index in [1.807, 2.05) is 19.1 Å². The Morgan fingerprint density at radius 2 is 2.31 bits per heavy atom. The predicted octanol–water partition coefficient (Wildman–Crippen LogP) is 2.39. The van der Waals surface area contributed by atoms with Gasteiger partial charge in [0.05, 0.1) is 0 Å². The van der Waals surface area contributed by atoms with Gasteiger partial charge in [-0.3, -0.25) is 4.79 Å². The van der Waals surface area contributed by atoms with Gasteiger partial charge in [0, 0.05) is 10.2 Å². The van der Waals surface area contributed by atoms with Crippen molar-refractivity contribution in [1.29, 1.82) is 0 Å². The third-order valence-electron chi connectivity index (χ3n) is 2.01. The van der Waals surface area contributed by atoms with Crippen LogP contribution in [-0.4, -0.2) is 16.2 Å². The average Bonchev–Trinajstić information content (AvgIpc) is 2.77. The van der Waals surface area contributed by atoms with Gasteiger partial charge in [0.25, 0.3) is 5.91 Å². The molecule has 5 nitrogen and oxygen atoms in total. The van der Waals surface area contributed by atoms with Crippen LogP contribution in [0.5, 0.6) is 0 Å². The van der Waals surface area contributed by atoms with Crippen LogP contribution in [0.2, 0.25) is 0 Å². The highest BCUT2D eigenvalue weighted by Gasteiger charge is 2.10. The summed E-state index contributed by atoms with van der Waals surface area (Å²) in [4.78, 5) is 11.6. The fourth-order valence-electron chi connectivity index (χ4n) is 1.18. The third-order valence-corrected chi connectivity index (χ3v) is 2.90. The number of aryl methyl sites for hydroxylation is 1. The molecule has 1 N–H and O–H groups in total. The molecule has 2 rings (SSSR count). The number of carbonyl (C=O) groups excluding carboxylic acids is 1. The molecule has 6 heteroatoms. The molecule has 1 aromatic carbocycles. The topological polar surface area (TPSA) is 68.0 Å². The maximum Gasteiger partial charge on any atom is 0.279 e. The molecule has 0 aliphatic heterocycles. The summed E-state index contributed by atoms with van der Waals surface area (Å²) in [5, 5.41) is 9.50. The molecule has 0 spiro atoms. The third kappa shape index (κ3) is 2.27. The van der Waals surface area contributed by atoms with Gasteiger partial charge in [-0.15, -0.1) is 0 Å². The van der Waals surface area contributed by atoms with Gasteiger partial charge >= 0.3 is 0 Å². The smallest absolute Gasteiger partial charge is 0.279 e. The number of halogens is 1. The molecule has 1 aromatic heterocycles. The van der Waals surface area contributed by atoms with Crippen molar-refractivity contribution in [3.05, 3.63) is 40.1 Å². The number of nitrogens with zero attached hydrogens (tertiary/aromatic N) is 2. The summed E-state index contributed by atoms with van der Waals surface area (Å²) in [5.41, 5.74) is 1.89. The zero-order chi connectivity index (χ0) is 11.5. The van der Waals surface area contributed by atoms with Gasteiger partial charge in [0.15, 0.2) is 5.69 Å². The van der Waals surface area contributed by atoms with Crippen molar-refractivity contribution in [2.45, 2.75) is 6.92 Å². The molecule has 0 atom stereocenters. The van der Waals surface area contributed by atoms with E-state index in [1.165, 1.54) is 6.20 Å². The second-order valence-corrected chi connectivity index (χ2v) is 4.07. The Kier molecular flexibility index (Phi) is 3.00. The van der Waals surface area contributed by atoms with Crippen LogP contribution < -0.4 is 5.32 Å². The van der Waals surface area contributed by atoms with E-state index in [-0.39, 0.29) is 11.6 Å². The van der Waals surface area contributed by atoms with Gasteiger partial charge in [0.1, 0.15) is 6.20 Å². The summed E-state index contributed by atoms with van der Waals surface area (Å²) < 4.78 is 5.34. The van der Waals surface area contributed by atoms with Crippen molar-refractivity contribution in [2.24, 2.45) is 0 Å². The normalized spacial score (nSPS) is 10.1. The zero-order valence-electron chi connectivity index (χ0n) is 8.40. The first kappa shape index (κ1) is 10.8. The van der Waals surface area contributed by atoms with Crippen LogP contribution in [0.3, 0.4) is 0 Å². The minimum atomic E-state index is -0.344. The predicted molar refractivity (Wildman–Crippen MR) is 61.1 cm³/mol. The number of hydrogen-bond donors (Lipinski definition) is 1. The molecule has 0 aliphatic rings. The van der Waals surface area contributed by atoms with E-state index in [1.54, 1.807) is 6.07 Å². The standard InChI is InChI=1S/C10H8BrN3O2/c1-6-4-7(2-3-8(6)11)13-10(15)9-5-12-16-14-9/h2-5H,1H3,(H,13,15). The minimum Gasteiger partial charge on any atom is -0.320 e. The lowest BCUT2D eigenvalue weighted by Gasteiger charge is -2.04. The van der Waals surface area contributed by atoms with E-state index in [0.29, 0.717) is 5.69 Å². The first-order valence-corrected chi connectivity index (χ1v) is 5.31. The van der Waals surface area contributed by atoms with E-state index in [4.69, 9.17) is 0 Å². The summed E-state index contributed by atoms with van der Waals surface area (Å²) in [7, 11) is 0. The molecular formula is C10H8BrN3O2. The maximum absolute atomic E-state index is 11.6. The summed E-state index contributed by atoms with van der Waals surface area (Å²) in [6, 6.07) is 5.52. The quantitative estimate of drug-likeness (QED) is 0.918. The Morgan fingerprint density at radius 1 is 1.50 bits per heavy atom. The lowest BCUT2D eigenvalue weighted by atomic mass is 10.2. The van der Waals surface area contributed by atoms with E-state index in [9.17, 15) is 4.79 Å². The van der Waals surface area contributed by atoms with Crippen LogP contribution in [0, 0.1) is 6.92 Å². The van der Waals surface area contributed by atoms with Crippen molar-refractivity contribution in [3.8, 4) is 0 Å². The molecule has 0 saturated carbocycles. The SMILES string of the molecule is Cc1cc(NC(=O)c2cnon2)ccc1Br. The van der Waals surface area contributed by atoms with Crippen LogP contribution in [0.15, 0.2) is 33.5 Å². The minimum absolute atomic E-state index is 0.153. The monoisotopic (exact) mass is 281 g/mol. The van der Waals surface area contributed by atoms with Crippen LogP contribution in [-0.2, 0) is 0 Å². The van der Waals surface area contributed by atoms with Gasteiger partial charge < -0.3 is 5.32 Å². The maximum atomic E-state index is 11.6. The number of amides is 1. The number of aromatic nitrogens is 2. The molecule has 0 fully saturated rings. The Balaban J connectivity index is 2.15. The lowest BCUT2D eigenvalue weighted by molar-refractivity contribution is 0.101. The molecule has 1 heterocycles. The molecule has 82 valence electrons. The number of rotatable bonds is 2. The van der Waals surface area contributed by atoms with Crippen molar-refractivity contribution in [1.82, 2.24) is 10.3 Å². The van der Waals surface area contributed by atoms with Crippen molar-refractivity contribution in [3.63, 3.8) is 0 Å². The van der Waals surface area contributed by atoms with Gasteiger partial charge in [-0.1, -0.05) is 21.1 Å². The van der Waals surface area contributed by atoms with Crippen molar-refractivity contribution in [2.75, 3.05) is 5.32 Å². The molecule has 1 amide bonds. The molecule has 0 saturated heterocycles. The Bertz CT molecular complexity index is 511. The Hall–Kier alpha value is -1.69. The molecule has 0 aliphatic carbocycles. The van der Waals surface area contributed by atoms with Crippen LogP contribution >= 0.6 is 15.9 Å². The second kappa shape index (κ2) is 4.44. The zero-order valence-corrected chi connectivity index (χ0v) is 9.98. The number of nitrogens with one attached hydrogen (secondary N) is 1. The molecule has 0 radical (unpaired) electrons. The fourth-order valence-corrected chi connectivity index (χ4v) is 1.43. The molecule has 16 heavy (non-hydrogen) atoms. The first-order chi connectivity index (χ1) is 7.66.